The van der Waals surface area contributed by atoms with Gasteiger partial charge in [0.15, 0.2) is 5.11 Å². The molecule has 0 fully saturated rings. The van der Waals surface area contributed by atoms with Gasteiger partial charge in [0.2, 0.25) is 0 Å². The van der Waals surface area contributed by atoms with E-state index >= 15 is 0 Å². The lowest BCUT2D eigenvalue weighted by Crippen LogP contribution is -2.36. The summed E-state index contributed by atoms with van der Waals surface area (Å²) in [6.07, 6.45) is 29.5. The Kier molecular flexibility index (Phi) is 15.8. The van der Waals surface area contributed by atoms with Crippen molar-refractivity contribution in [2.45, 2.75) is 129 Å². The van der Waals surface area contributed by atoms with Gasteiger partial charge in [-0.25, -0.2) is 4.99 Å². The Labute approximate surface area is 252 Å². The Hall–Kier alpha value is -1.79. The molecule has 40 heavy (non-hydrogen) atoms. The summed E-state index contributed by atoms with van der Waals surface area (Å²) in [6, 6.07) is 8.34. The molecule has 1 atom stereocenters. The number of nitrogens with zero attached hydrogens (tertiary/aromatic N) is 1. The van der Waals surface area contributed by atoms with Gasteiger partial charge in [-0.15, -0.1) is 10.2 Å². The third-order valence-electron chi connectivity index (χ3n) is 8.12. The number of aliphatic imine (C=N–C) groups is 1. The molecule has 0 amide bonds. The van der Waals surface area contributed by atoms with Gasteiger partial charge in [-0.05, 0) is 68.3 Å². The van der Waals surface area contributed by atoms with Crippen molar-refractivity contribution in [1.29, 1.82) is 0 Å². The third-order valence-corrected chi connectivity index (χ3v) is 11.4. The molecule has 0 saturated heterocycles. The van der Waals surface area contributed by atoms with Gasteiger partial charge in [0.1, 0.15) is 10.8 Å². The number of nitrogens with two attached hydrogens (primary N) is 1. The maximum atomic E-state index is 6.35. The third kappa shape index (κ3) is 11.6. The Morgan fingerprint density at radius 1 is 0.925 bits per heavy atom. The molecule has 0 spiro atoms. The second-order valence-electron chi connectivity index (χ2n) is 11.5. The van der Waals surface area contributed by atoms with E-state index in [2.05, 4.69) is 47.4 Å². The monoisotopic (exact) mass is 585 g/mol. The molecule has 0 radical (unpaired) electrons. The standard InChI is InChI=1S/C34H55N3OS2/c1-2-3-4-5-6-7-8-9-10-11-12-13-14-20-27-38-32-24-19-18-23-31(32)33-36-26-29-40(33,37-34(35)39)28-25-30-21-16-15-17-22-30/h18-19,21,23-24,26,29H,2-17,20,22,25,27-28H2,1H3,(H3,35,37,39). The fourth-order valence-corrected chi connectivity index (χ4v) is 8.97. The summed E-state index contributed by atoms with van der Waals surface area (Å²) in [6.45, 7) is 3.03. The Bertz CT molecular complexity index is 974. The first-order chi connectivity index (χ1) is 19.6. The quantitative estimate of drug-likeness (QED) is 0.0856. The molecule has 1 heterocycles. The summed E-state index contributed by atoms with van der Waals surface area (Å²) < 4.78 is 9.84. The molecule has 1 aliphatic carbocycles. The molecular formula is C34H55N3OS2. The lowest BCUT2D eigenvalue weighted by Gasteiger charge is -2.37. The van der Waals surface area contributed by atoms with E-state index in [1.807, 2.05) is 6.20 Å². The van der Waals surface area contributed by atoms with Crippen LogP contribution in [0.4, 0.5) is 0 Å². The average molecular weight is 586 g/mol. The summed E-state index contributed by atoms with van der Waals surface area (Å²) in [5.41, 5.74) is 8.67. The SMILES string of the molecule is CCCCCCCCCCCCCCCCOc1ccccc1C1=NC=CS1(CCC1=CCCCC1)NC(N)=S. The van der Waals surface area contributed by atoms with Crippen LogP contribution < -0.4 is 15.2 Å². The van der Waals surface area contributed by atoms with Crippen LogP contribution in [0.2, 0.25) is 0 Å². The van der Waals surface area contributed by atoms with Crippen LogP contribution in [0.5, 0.6) is 5.75 Å². The maximum Gasteiger partial charge on any atom is 0.173 e. The van der Waals surface area contributed by atoms with Crippen LogP contribution >= 0.6 is 22.4 Å². The zero-order valence-corrected chi connectivity index (χ0v) is 26.8. The van der Waals surface area contributed by atoms with Crippen molar-refractivity contribution in [3.05, 3.63) is 53.1 Å². The van der Waals surface area contributed by atoms with Crippen LogP contribution in [-0.4, -0.2) is 22.5 Å². The summed E-state index contributed by atoms with van der Waals surface area (Å²) in [7, 11) is -1.60. The molecule has 0 bridgehead atoms. The van der Waals surface area contributed by atoms with Crippen molar-refractivity contribution in [2.24, 2.45) is 10.7 Å². The first kappa shape index (κ1) is 32.7. The molecule has 0 aromatic heterocycles. The van der Waals surface area contributed by atoms with Gasteiger partial charge in [-0.2, -0.15) is 0 Å². The smallest absolute Gasteiger partial charge is 0.173 e. The lowest BCUT2D eigenvalue weighted by atomic mass is 9.98. The van der Waals surface area contributed by atoms with Crippen molar-refractivity contribution in [1.82, 2.24) is 4.72 Å². The van der Waals surface area contributed by atoms with Crippen molar-refractivity contribution in [3.8, 4) is 5.75 Å². The van der Waals surface area contributed by atoms with Crippen LogP contribution in [0.1, 0.15) is 134 Å². The molecule has 4 nitrogen and oxygen atoms in total. The van der Waals surface area contributed by atoms with E-state index in [-0.39, 0.29) is 0 Å². The summed E-state index contributed by atoms with van der Waals surface area (Å²) >= 11 is 5.34. The number of unbranched alkanes of at least 4 members (excludes halogenated alkanes) is 13. The zero-order chi connectivity index (χ0) is 28.3. The summed E-state index contributed by atoms with van der Waals surface area (Å²) in [4.78, 5) is 4.85. The molecular weight excluding hydrogens is 531 g/mol. The van der Waals surface area contributed by atoms with E-state index in [4.69, 9.17) is 27.7 Å². The normalized spacial score (nSPS) is 20.0. The van der Waals surface area contributed by atoms with E-state index in [9.17, 15) is 0 Å². The van der Waals surface area contributed by atoms with Crippen molar-refractivity contribution < 1.29 is 4.74 Å². The van der Waals surface area contributed by atoms with E-state index in [0.29, 0.717) is 5.11 Å². The summed E-state index contributed by atoms with van der Waals surface area (Å²) in [5, 5.41) is 3.58. The first-order valence-electron chi connectivity index (χ1n) is 16.2. The van der Waals surface area contributed by atoms with Gasteiger partial charge in [-0.3, -0.25) is 0 Å². The molecule has 224 valence electrons. The Balaban J connectivity index is 1.39. The highest BCUT2D eigenvalue weighted by atomic mass is 32.3. The van der Waals surface area contributed by atoms with E-state index in [1.165, 1.54) is 109 Å². The number of allylic oxidation sites excluding steroid dienone is 2. The van der Waals surface area contributed by atoms with Crippen LogP contribution in [0.15, 0.2) is 52.5 Å². The van der Waals surface area contributed by atoms with Crippen LogP contribution in [0.25, 0.3) is 0 Å². The number of thiocarbonyl (C=S) groups is 1. The highest BCUT2D eigenvalue weighted by molar-refractivity contribution is 8.47. The largest absolute Gasteiger partial charge is 0.493 e. The van der Waals surface area contributed by atoms with Crippen molar-refractivity contribution >= 4 is 32.6 Å². The molecule has 3 rings (SSSR count). The number of hydrogen-bond donors (Lipinski definition) is 2. The molecule has 3 N–H and O–H groups in total. The lowest BCUT2D eigenvalue weighted by molar-refractivity contribution is 0.304. The van der Waals surface area contributed by atoms with Crippen LogP contribution in [-0.2, 0) is 0 Å². The van der Waals surface area contributed by atoms with Crippen molar-refractivity contribution in [3.63, 3.8) is 0 Å². The van der Waals surface area contributed by atoms with Gasteiger partial charge < -0.3 is 15.2 Å². The van der Waals surface area contributed by atoms with Crippen molar-refractivity contribution in [2.75, 3.05) is 12.4 Å². The molecule has 1 unspecified atom stereocenters. The Morgan fingerprint density at radius 3 is 2.20 bits per heavy atom. The molecule has 6 heteroatoms. The fourth-order valence-electron chi connectivity index (χ4n) is 5.78. The van der Waals surface area contributed by atoms with Gasteiger partial charge in [0.25, 0.3) is 0 Å². The van der Waals surface area contributed by atoms with E-state index in [0.717, 1.165) is 41.6 Å². The molecule has 2 aliphatic rings. The van der Waals surface area contributed by atoms with Gasteiger partial charge in [0, 0.05) is 17.5 Å². The minimum atomic E-state index is -1.60. The number of ether oxygens (including phenoxy) is 1. The van der Waals surface area contributed by atoms with Gasteiger partial charge in [-0.1, -0.05) is 114 Å². The molecule has 0 saturated carbocycles. The highest BCUT2D eigenvalue weighted by Crippen LogP contribution is 2.54. The molecule has 1 aromatic rings. The minimum Gasteiger partial charge on any atom is -0.493 e. The molecule has 1 aromatic carbocycles. The van der Waals surface area contributed by atoms with E-state index in [1.54, 1.807) is 5.57 Å². The second-order valence-corrected chi connectivity index (χ2v) is 14.8. The number of benzene rings is 1. The molecule has 1 aliphatic heterocycles. The van der Waals surface area contributed by atoms with Crippen LogP contribution in [0, 0.1) is 0 Å². The maximum absolute atomic E-state index is 6.35. The Morgan fingerprint density at radius 2 is 1.57 bits per heavy atom. The highest BCUT2D eigenvalue weighted by Gasteiger charge is 2.33. The zero-order valence-electron chi connectivity index (χ0n) is 25.1. The van der Waals surface area contributed by atoms with E-state index < -0.39 is 10.2 Å². The number of nitrogens with one attached hydrogen (secondary N) is 1. The minimum absolute atomic E-state index is 0.340. The fraction of sp³-hybridized carbons (Fsp3) is 0.647. The number of para-hydroxylation sites is 1. The van der Waals surface area contributed by atoms with Crippen LogP contribution in [0.3, 0.4) is 0 Å². The predicted molar refractivity (Wildman–Crippen MR) is 181 cm³/mol. The number of hydrogen-bond acceptors (Lipinski definition) is 3. The second kappa shape index (κ2) is 19.4. The topological polar surface area (TPSA) is 59.6 Å². The van der Waals surface area contributed by atoms with Gasteiger partial charge in [0.05, 0.1) is 6.61 Å². The van der Waals surface area contributed by atoms with Gasteiger partial charge >= 0.3 is 0 Å². The average Bonchev–Trinajstić information content (AvgIpc) is 3.37. The summed E-state index contributed by atoms with van der Waals surface area (Å²) in [5.74, 6) is 1.87. The first-order valence-corrected chi connectivity index (χ1v) is 18.4. The predicted octanol–water partition coefficient (Wildman–Crippen LogP) is 10.2. The number of rotatable bonds is 21.